The molecule has 0 saturated carbocycles. The van der Waals surface area contributed by atoms with E-state index in [2.05, 4.69) is 49.9 Å². The Bertz CT molecular complexity index is 578. The van der Waals surface area contributed by atoms with Crippen LogP contribution >= 0.6 is 31.9 Å². The average Bonchev–Trinajstić information content (AvgIpc) is 2.66. The SMILES string of the molecule is CCc1nn(C)c(CC(N)c2ccccc2Br)c1Br. The maximum atomic E-state index is 6.32. The van der Waals surface area contributed by atoms with Crippen LogP contribution in [0.25, 0.3) is 0 Å². The molecule has 1 heterocycles. The van der Waals surface area contributed by atoms with Gasteiger partial charge in [0.1, 0.15) is 0 Å². The Balaban J connectivity index is 2.27. The van der Waals surface area contributed by atoms with E-state index in [9.17, 15) is 0 Å². The van der Waals surface area contributed by atoms with Crippen molar-refractivity contribution in [3.05, 3.63) is 50.2 Å². The minimum absolute atomic E-state index is 0.0491. The van der Waals surface area contributed by atoms with Crippen LogP contribution in [0.1, 0.15) is 29.9 Å². The Morgan fingerprint density at radius 1 is 1.32 bits per heavy atom. The van der Waals surface area contributed by atoms with Crippen molar-refractivity contribution in [1.29, 1.82) is 0 Å². The van der Waals surface area contributed by atoms with E-state index in [4.69, 9.17) is 5.73 Å². The van der Waals surface area contributed by atoms with Crippen LogP contribution < -0.4 is 5.73 Å². The third kappa shape index (κ3) is 3.09. The molecule has 2 aromatic rings. The van der Waals surface area contributed by atoms with E-state index in [1.54, 1.807) is 0 Å². The molecule has 0 aliphatic rings. The van der Waals surface area contributed by atoms with Crippen molar-refractivity contribution in [1.82, 2.24) is 9.78 Å². The lowest BCUT2D eigenvalue weighted by atomic mass is 10.0. The molecule has 0 saturated heterocycles. The number of halogens is 2. The van der Waals surface area contributed by atoms with Gasteiger partial charge in [-0.05, 0) is 34.0 Å². The molecule has 0 amide bonds. The summed E-state index contributed by atoms with van der Waals surface area (Å²) in [6.07, 6.45) is 1.67. The standard InChI is InChI=1S/C14H17Br2N3/c1-3-12-14(16)13(19(2)18-12)8-11(17)9-6-4-5-7-10(9)15/h4-7,11H,3,8,17H2,1-2H3. The molecule has 1 unspecified atom stereocenters. The summed E-state index contributed by atoms with van der Waals surface area (Å²) in [6.45, 7) is 2.10. The fraction of sp³-hybridized carbons (Fsp3) is 0.357. The number of nitrogens with two attached hydrogens (primary N) is 1. The van der Waals surface area contributed by atoms with Gasteiger partial charge in [0.05, 0.1) is 15.9 Å². The molecule has 0 aliphatic carbocycles. The van der Waals surface area contributed by atoms with Crippen molar-refractivity contribution in [3.8, 4) is 0 Å². The van der Waals surface area contributed by atoms with Gasteiger partial charge in [0.2, 0.25) is 0 Å². The Morgan fingerprint density at radius 3 is 2.58 bits per heavy atom. The molecule has 2 rings (SSSR count). The zero-order valence-corrected chi connectivity index (χ0v) is 14.2. The number of hydrogen-bond donors (Lipinski definition) is 1. The Hall–Kier alpha value is -0.650. The van der Waals surface area contributed by atoms with Crippen LogP contribution in [-0.2, 0) is 19.9 Å². The lowest BCUT2D eigenvalue weighted by Crippen LogP contribution is -2.16. The van der Waals surface area contributed by atoms with Gasteiger partial charge in [-0.2, -0.15) is 5.10 Å². The molecule has 2 N–H and O–H groups in total. The van der Waals surface area contributed by atoms with E-state index in [0.717, 1.165) is 38.7 Å². The topological polar surface area (TPSA) is 43.8 Å². The molecule has 0 fully saturated rings. The highest BCUT2D eigenvalue weighted by Gasteiger charge is 2.17. The fourth-order valence-corrected chi connectivity index (χ4v) is 3.49. The highest BCUT2D eigenvalue weighted by atomic mass is 79.9. The van der Waals surface area contributed by atoms with Crippen molar-refractivity contribution in [2.45, 2.75) is 25.8 Å². The molecule has 19 heavy (non-hydrogen) atoms. The maximum Gasteiger partial charge on any atom is 0.0766 e. The highest BCUT2D eigenvalue weighted by Crippen LogP contribution is 2.28. The fourth-order valence-electron chi connectivity index (χ4n) is 2.14. The van der Waals surface area contributed by atoms with Crippen LogP contribution in [0.15, 0.2) is 33.2 Å². The number of rotatable bonds is 4. The number of aryl methyl sites for hydroxylation is 2. The van der Waals surface area contributed by atoms with E-state index >= 15 is 0 Å². The molecular formula is C14H17Br2N3. The van der Waals surface area contributed by atoms with E-state index in [0.29, 0.717) is 0 Å². The first kappa shape index (κ1) is 14.8. The van der Waals surface area contributed by atoms with Gasteiger partial charge in [-0.15, -0.1) is 0 Å². The number of benzene rings is 1. The van der Waals surface area contributed by atoms with Gasteiger partial charge < -0.3 is 5.73 Å². The van der Waals surface area contributed by atoms with E-state index in [-0.39, 0.29) is 6.04 Å². The molecule has 0 bridgehead atoms. The minimum Gasteiger partial charge on any atom is -0.324 e. The molecule has 1 aromatic carbocycles. The number of aromatic nitrogens is 2. The van der Waals surface area contributed by atoms with Gasteiger partial charge in [0, 0.05) is 24.0 Å². The first-order valence-corrected chi connectivity index (χ1v) is 7.83. The molecule has 0 aliphatic heterocycles. The number of nitrogens with zero attached hydrogens (tertiary/aromatic N) is 2. The van der Waals surface area contributed by atoms with Crippen molar-refractivity contribution in [3.63, 3.8) is 0 Å². The largest absolute Gasteiger partial charge is 0.324 e. The molecule has 102 valence electrons. The monoisotopic (exact) mass is 385 g/mol. The molecule has 1 atom stereocenters. The van der Waals surface area contributed by atoms with Crippen LogP contribution in [0, 0.1) is 0 Å². The summed E-state index contributed by atoms with van der Waals surface area (Å²) in [7, 11) is 1.96. The van der Waals surface area contributed by atoms with Crippen LogP contribution in [0.3, 0.4) is 0 Å². The quantitative estimate of drug-likeness (QED) is 0.869. The zero-order chi connectivity index (χ0) is 14.0. The molecule has 5 heteroatoms. The lowest BCUT2D eigenvalue weighted by Gasteiger charge is -2.14. The second-order valence-electron chi connectivity index (χ2n) is 4.52. The van der Waals surface area contributed by atoms with Crippen molar-refractivity contribution in [2.24, 2.45) is 12.8 Å². The van der Waals surface area contributed by atoms with Gasteiger partial charge >= 0.3 is 0 Å². The summed E-state index contributed by atoms with van der Waals surface area (Å²) in [5.74, 6) is 0. The number of hydrogen-bond acceptors (Lipinski definition) is 2. The molecule has 0 radical (unpaired) electrons. The van der Waals surface area contributed by atoms with E-state index in [1.807, 2.05) is 29.9 Å². The molecular weight excluding hydrogens is 370 g/mol. The molecule has 3 nitrogen and oxygen atoms in total. The third-order valence-electron chi connectivity index (χ3n) is 3.22. The van der Waals surface area contributed by atoms with Crippen LogP contribution in [0.5, 0.6) is 0 Å². The van der Waals surface area contributed by atoms with Crippen molar-refractivity contribution in [2.75, 3.05) is 0 Å². The second kappa shape index (κ2) is 6.20. The van der Waals surface area contributed by atoms with Crippen LogP contribution in [0.4, 0.5) is 0 Å². The van der Waals surface area contributed by atoms with Crippen molar-refractivity contribution < 1.29 is 0 Å². The Kier molecular flexibility index (Phi) is 4.81. The van der Waals surface area contributed by atoms with Gasteiger partial charge in [-0.1, -0.05) is 41.1 Å². The molecule has 1 aromatic heterocycles. The predicted molar refractivity (Wildman–Crippen MR) is 85.1 cm³/mol. The first-order chi connectivity index (χ1) is 9.04. The van der Waals surface area contributed by atoms with Crippen molar-refractivity contribution >= 4 is 31.9 Å². The third-order valence-corrected chi connectivity index (χ3v) is 4.86. The van der Waals surface area contributed by atoms with Gasteiger partial charge in [0.15, 0.2) is 0 Å². The van der Waals surface area contributed by atoms with Crippen LogP contribution in [-0.4, -0.2) is 9.78 Å². The summed E-state index contributed by atoms with van der Waals surface area (Å²) in [5.41, 5.74) is 9.66. The Morgan fingerprint density at radius 2 is 2.00 bits per heavy atom. The Labute approximate surface area is 130 Å². The van der Waals surface area contributed by atoms with Gasteiger partial charge in [-0.25, -0.2) is 0 Å². The van der Waals surface area contributed by atoms with Crippen LogP contribution in [0.2, 0.25) is 0 Å². The summed E-state index contributed by atoms with van der Waals surface area (Å²) in [4.78, 5) is 0. The van der Waals surface area contributed by atoms with Gasteiger partial charge in [-0.3, -0.25) is 4.68 Å². The van der Waals surface area contributed by atoms with E-state index in [1.165, 1.54) is 0 Å². The minimum atomic E-state index is -0.0491. The summed E-state index contributed by atoms with van der Waals surface area (Å²) in [6, 6.07) is 8.03. The second-order valence-corrected chi connectivity index (χ2v) is 6.16. The van der Waals surface area contributed by atoms with Gasteiger partial charge in [0.25, 0.3) is 0 Å². The van der Waals surface area contributed by atoms with E-state index < -0.39 is 0 Å². The smallest absolute Gasteiger partial charge is 0.0766 e. The zero-order valence-electron chi connectivity index (χ0n) is 11.0. The molecule has 0 spiro atoms. The highest BCUT2D eigenvalue weighted by molar-refractivity contribution is 9.10. The summed E-state index contributed by atoms with van der Waals surface area (Å²) >= 11 is 7.18. The predicted octanol–water partition coefficient (Wildman–Crippen LogP) is 3.75. The lowest BCUT2D eigenvalue weighted by molar-refractivity contribution is 0.635. The normalized spacial score (nSPS) is 12.7. The average molecular weight is 387 g/mol. The summed E-state index contributed by atoms with van der Waals surface area (Å²) < 4.78 is 4.05. The summed E-state index contributed by atoms with van der Waals surface area (Å²) in [5, 5.41) is 4.50. The first-order valence-electron chi connectivity index (χ1n) is 6.24. The maximum absolute atomic E-state index is 6.32.